The van der Waals surface area contributed by atoms with Crippen molar-refractivity contribution in [2.75, 3.05) is 0 Å². The van der Waals surface area contributed by atoms with E-state index >= 15 is 0 Å². The van der Waals surface area contributed by atoms with Crippen molar-refractivity contribution in [3.63, 3.8) is 0 Å². The largest absolute Gasteiger partial charge is 0.296 e. The van der Waals surface area contributed by atoms with E-state index in [9.17, 15) is 4.39 Å². The Bertz CT molecular complexity index is 701. The van der Waals surface area contributed by atoms with Crippen molar-refractivity contribution in [3.05, 3.63) is 60.2 Å². The van der Waals surface area contributed by atoms with Crippen LogP contribution in [0.15, 0.2) is 48.5 Å². The summed E-state index contributed by atoms with van der Waals surface area (Å²) in [7, 11) is 0. The van der Waals surface area contributed by atoms with Gasteiger partial charge in [0.1, 0.15) is 11.3 Å². The molecule has 0 saturated carbocycles. The minimum absolute atomic E-state index is 0.260. The monoisotopic (exact) mass is 254 g/mol. The van der Waals surface area contributed by atoms with Gasteiger partial charge in [-0.05, 0) is 30.7 Å². The minimum atomic E-state index is -0.260. The third kappa shape index (κ3) is 2.01. The molecule has 1 heterocycles. The Morgan fingerprint density at radius 1 is 1.05 bits per heavy atom. The lowest BCUT2D eigenvalue weighted by atomic mass is 10.2. The number of aryl methyl sites for hydroxylation is 1. The van der Waals surface area contributed by atoms with Gasteiger partial charge in [-0.3, -0.25) is 4.57 Å². The molecule has 3 rings (SSSR count). The molecule has 2 aromatic carbocycles. The third-order valence-corrected chi connectivity index (χ3v) is 3.19. The summed E-state index contributed by atoms with van der Waals surface area (Å²) in [6.45, 7) is 2.10. The highest BCUT2D eigenvalue weighted by Gasteiger charge is 2.13. The maximum Gasteiger partial charge on any atom is 0.151 e. The predicted molar refractivity (Wildman–Crippen MR) is 75.0 cm³/mol. The Labute approximate surface area is 111 Å². The van der Waals surface area contributed by atoms with Crippen molar-refractivity contribution in [3.8, 4) is 5.69 Å². The van der Waals surface area contributed by atoms with Crippen LogP contribution in [0.1, 0.15) is 19.2 Å². The molecule has 0 unspecified atom stereocenters. The van der Waals surface area contributed by atoms with E-state index in [1.165, 1.54) is 6.07 Å². The Kier molecular flexibility index (Phi) is 3.03. The summed E-state index contributed by atoms with van der Waals surface area (Å²) in [4.78, 5) is 4.47. The average molecular weight is 254 g/mol. The van der Waals surface area contributed by atoms with E-state index < -0.39 is 0 Å². The maximum absolute atomic E-state index is 13.9. The second-order valence-corrected chi connectivity index (χ2v) is 4.56. The van der Waals surface area contributed by atoms with E-state index in [0.717, 1.165) is 29.9 Å². The molecule has 0 N–H and O–H groups in total. The number of fused-ring (bicyclic) bond motifs is 1. The maximum atomic E-state index is 13.9. The van der Waals surface area contributed by atoms with Gasteiger partial charge in [0.05, 0.1) is 5.52 Å². The zero-order chi connectivity index (χ0) is 13.2. The fraction of sp³-hybridized carbons (Fsp3) is 0.188. The highest BCUT2D eigenvalue weighted by Crippen LogP contribution is 2.24. The number of benzene rings is 2. The minimum Gasteiger partial charge on any atom is -0.296 e. The molecule has 96 valence electrons. The van der Waals surface area contributed by atoms with E-state index in [1.807, 2.05) is 41.0 Å². The zero-order valence-electron chi connectivity index (χ0n) is 10.8. The molecule has 0 atom stereocenters. The lowest BCUT2D eigenvalue weighted by Crippen LogP contribution is -2.00. The highest BCUT2D eigenvalue weighted by molar-refractivity contribution is 5.78. The van der Waals surface area contributed by atoms with Crippen LogP contribution in [0.3, 0.4) is 0 Å². The molecule has 0 fully saturated rings. The van der Waals surface area contributed by atoms with Crippen molar-refractivity contribution in [2.24, 2.45) is 0 Å². The summed E-state index contributed by atoms with van der Waals surface area (Å²) in [5.74, 6) is 0.651. The highest BCUT2D eigenvalue weighted by atomic mass is 19.1. The van der Waals surface area contributed by atoms with Gasteiger partial charge < -0.3 is 0 Å². The van der Waals surface area contributed by atoms with Gasteiger partial charge >= 0.3 is 0 Å². The molecular formula is C16H15FN2. The number of hydrogen-bond acceptors (Lipinski definition) is 1. The van der Waals surface area contributed by atoms with Crippen LogP contribution in [0.5, 0.6) is 0 Å². The van der Waals surface area contributed by atoms with E-state index in [4.69, 9.17) is 0 Å². The third-order valence-electron chi connectivity index (χ3n) is 3.19. The first kappa shape index (κ1) is 11.9. The van der Waals surface area contributed by atoms with Crippen LogP contribution in [0.25, 0.3) is 16.7 Å². The lowest BCUT2D eigenvalue weighted by molar-refractivity contribution is 0.637. The molecule has 19 heavy (non-hydrogen) atoms. The van der Waals surface area contributed by atoms with Gasteiger partial charge in [-0.2, -0.15) is 0 Å². The summed E-state index contributed by atoms with van der Waals surface area (Å²) in [6.07, 6.45) is 1.82. The molecule has 1 aromatic heterocycles. The van der Waals surface area contributed by atoms with Gasteiger partial charge in [0, 0.05) is 12.1 Å². The van der Waals surface area contributed by atoms with Gasteiger partial charge in [-0.25, -0.2) is 9.37 Å². The second-order valence-electron chi connectivity index (χ2n) is 4.56. The fourth-order valence-electron chi connectivity index (χ4n) is 2.37. The molecule has 2 nitrogen and oxygen atoms in total. The van der Waals surface area contributed by atoms with E-state index in [2.05, 4.69) is 11.9 Å². The van der Waals surface area contributed by atoms with Crippen LogP contribution in [-0.2, 0) is 6.42 Å². The molecular weight excluding hydrogens is 239 g/mol. The quantitative estimate of drug-likeness (QED) is 0.687. The molecule has 0 aliphatic heterocycles. The zero-order valence-corrected chi connectivity index (χ0v) is 10.8. The molecule has 3 heteroatoms. The van der Waals surface area contributed by atoms with Gasteiger partial charge in [0.15, 0.2) is 5.82 Å². The summed E-state index contributed by atoms with van der Waals surface area (Å²) < 4.78 is 15.9. The number of para-hydroxylation sites is 2. The smallest absolute Gasteiger partial charge is 0.151 e. The topological polar surface area (TPSA) is 17.8 Å². The summed E-state index contributed by atoms with van der Waals surface area (Å²) in [5.41, 5.74) is 2.31. The van der Waals surface area contributed by atoms with Gasteiger partial charge in [0.2, 0.25) is 0 Å². The molecule has 0 bridgehead atoms. The molecule has 0 radical (unpaired) electrons. The summed E-state index contributed by atoms with van der Waals surface area (Å²) >= 11 is 0. The Morgan fingerprint density at radius 2 is 1.84 bits per heavy atom. The van der Waals surface area contributed by atoms with Crippen LogP contribution in [0.2, 0.25) is 0 Å². The van der Waals surface area contributed by atoms with Crippen molar-refractivity contribution in [1.82, 2.24) is 9.55 Å². The fourth-order valence-corrected chi connectivity index (χ4v) is 2.37. The Morgan fingerprint density at radius 3 is 2.58 bits per heavy atom. The molecule has 0 aliphatic rings. The summed E-state index contributed by atoms with van der Waals surface area (Å²) in [5, 5.41) is 0. The number of imidazole rings is 1. The molecule has 0 spiro atoms. The number of nitrogens with zero attached hydrogens (tertiary/aromatic N) is 2. The standard InChI is InChI=1S/C16H15FN2/c1-2-7-15-18-16-13(17)10-6-11-14(16)19(15)12-8-4-3-5-9-12/h3-6,8-11H,2,7H2,1H3. The average Bonchev–Trinajstić information content (AvgIpc) is 2.80. The molecule has 0 saturated heterocycles. The number of halogens is 1. The Balaban J connectivity index is 2.32. The first-order valence-corrected chi connectivity index (χ1v) is 6.52. The van der Waals surface area contributed by atoms with E-state index in [1.54, 1.807) is 6.07 Å². The predicted octanol–water partition coefficient (Wildman–Crippen LogP) is 4.12. The van der Waals surface area contributed by atoms with Crippen LogP contribution in [-0.4, -0.2) is 9.55 Å². The number of rotatable bonds is 3. The van der Waals surface area contributed by atoms with Crippen LogP contribution in [0.4, 0.5) is 4.39 Å². The SMILES string of the molecule is CCCc1nc2c(F)cccc2n1-c1ccccc1. The normalized spacial score (nSPS) is 11.1. The van der Waals surface area contributed by atoms with Crippen molar-refractivity contribution < 1.29 is 4.39 Å². The van der Waals surface area contributed by atoms with Gasteiger partial charge in [0.25, 0.3) is 0 Å². The first-order chi connectivity index (χ1) is 9.31. The van der Waals surface area contributed by atoms with Crippen LogP contribution >= 0.6 is 0 Å². The molecule has 0 aliphatic carbocycles. The second kappa shape index (κ2) is 4.84. The van der Waals surface area contributed by atoms with E-state index in [0.29, 0.717) is 5.52 Å². The van der Waals surface area contributed by atoms with Crippen molar-refractivity contribution in [2.45, 2.75) is 19.8 Å². The van der Waals surface area contributed by atoms with Crippen LogP contribution < -0.4 is 0 Å². The first-order valence-electron chi connectivity index (χ1n) is 6.52. The van der Waals surface area contributed by atoms with E-state index in [-0.39, 0.29) is 5.82 Å². The van der Waals surface area contributed by atoms with Crippen molar-refractivity contribution >= 4 is 11.0 Å². The van der Waals surface area contributed by atoms with Gasteiger partial charge in [-0.1, -0.05) is 31.2 Å². The molecule has 3 aromatic rings. The summed E-state index contributed by atoms with van der Waals surface area (Å²) in [6, 6.07) is 15.1. The lowest BCUT2D eigenvalue weighted by Gasteiger charge is -2.08. The Hall–Kier alpha value is -2.16. The molecule has 0 amide bonds. The van der Waals surface area contributed by atoms with Crippen LogP contribution in [0, 0.1) is 5.82 Å². The number of hydrogen-bond donors (Lipinski definition) is 0. The number of aromatic nitrogens is 2. The van der Waals surface area contributed by atoms with Crippen molar-refractivity contribution in [1.29, 1.82) is 0 Å². The van der Waals surface area contributed by atoms with Gasteiger partial charge in [-0.15, -0.1) is 0 Å².